The van der Waals surface area contributed by atoms with E-state index in [4.69, 9.17) is 16.7 Å². The molecule has 0 aliphatic rings. The highest BCUT2D eigenvalue weighted by molar-refractivity contribution is 7.89. The van der Waals surface area contributed by atoms with Gasteiger partial charge in [0.05, 0.1) is 15.5 Å². The van der Waals surface area contributed by atoms with Crippen molar-refractivity contribution in [1.29, 1.82) is 0 Å². The van der Waals surface area contributed by atoms with Crippen LogP contribution in [0, 0.1) is 0 Å². The standard InChI is InChI=1S/C16H13ClF3N3O4S/c17-13-6-3-10(7-12(13)16(18,19)20)23-15(25)14(24)22-8-9-1-4-11(5-2-9)28(21,26)27/h1-7H,8H2,(H,22,24)(H,23,25)(H2,21,26,27). The monoisotopic (exact) mass is 435 g/mol. The van der Waals surface area contributed by atoms with Gasteiger partial charge < -0.3 is 10.6 Å². The first kappa shape index (κ1) is 21.7. The average Bonchev–Trinajstić information content (AvgIpc) is 2.59. The molecule has 0 unspecified atom stereocenters. The number of benzene rings is 2. The summed E-state index contributed by atoms with van der Waals surface area (Å²) in [6, 6.07) is 7.89. The van der Waals surface area contributed by atoms with Crippen LogP contribution in [0.2, 0.25) is 5.02 Å². The van der Waals surface area contributed by atoms with Gasteiger partial charge in [-0.15, -0.1) is 0 Å². The molecule has 0 aliphatic heterocycles. The number of amides is 2. The summed E-state index contributed by atoms with van der Waals surface area (Å²) in [6.45, 7) is -0.119. The summed E-state index contributed by atoms with van der Waals surface area (Å²) in [6.07, 6.45) is -4.72. The fraction of sp³-hybridized carbons (Fsp3) is 0.125. The molecule has 0 saturated carbocycles. The predicted octanol–water partition coefficient (Wildman–Crippen LogP) is 2.26. The third kappa shape index (κ3) is 5.68. The molecule has 0 aromatic heterocycles. The van der Waals surface area contributed by atoms with Crippen LogP contribution in [-0.4, -0.2) is 20.2 Å². The van der Waals surface area contributed by atoms with E-state index < -0.39 is 38.6 Å². The number of hydrogen-bond donors (Lipinski definition) is 3. The minimum Gasteiger partial charge on any atom is -0.344 e. The fourth-order valence-corrected chi connectivity index (χ4v) is 2.81. The fourth-order valence-electron chi connectivity index (χ4n) is 2.07. The number of nitrogens with one attached hydrogen (secondary N) is 2. The van der Waals surface area contributed by atoms with Crippen LogP contribution < -0.4 is 15.8 Å². The maximum atomic E-state index is 12.8. The van der Waals surface area contributed by atoms with Crippen LogP contribution in [0.25, 0.3) is 0 Å². The second-order valence-corrected chi connectivity index (χ2v) is 7.49. The molecule has 12 heteroatoms. The molecule has 2 aromatic rings. The molecule has 0 radical (unpaired) electrons. The summed E-state index contributed by atoms with van der Waals surface area (Å²) in [4.78, 5) is 23.5. The van der Waals surface area contributed by atoms with Crippen molar-refractivity contribution in [3.8, 4) is 0 Å². The first-order valence-corrected chi connectivity index (χ1v) is 9.38. The van der Waals surface area contributed by atoms with Gasteiger partial charge in [-0.25, -0.2) is 13.6 Å². The Morgan fingerprint density at radius 3 is 2.18 bits per heavy atom. The van der Waals surface area contributed by atoms with Crippen molar-refractivity contribution in [1.82, 2.24) is 5.32 Å². The minimum absolute atomic E-state index is 0.119. The van der Waals surface area contributed by atoms with Crippen molar-refractivity contribution < 1.29 is 31.2 Å². The smallest absolute Gasteiger partial charge is 0.344 e. The summed E-state index contributed by atoms with van der Waals surface area (Å²) in [7, 11) is -3.86. The van der Waals surface area contributed by atoms with Gasteiger partial charge in [0.1, 0.15) is 0 Å². The number of alkyl halides is 3. The molecule has 0 aliphatic carbocycles. The molecular weight excluding hydrogens is 423 g/mol. The second kappa shape index (κ2) is 8.17. The third-order valence-electron chi connectivity index (χ3n) is 3.44. The van der Waals surface area contributed by atoms with Crippen LogP contribution in [0.5, 0.6) is 0 Å². The molecule has 0 spiro atoms. The summed E-state index contributed by atoms with van der Waals surface area (Å²) in [5, 5.41) is 8.71. The van der Waals surface area contributed by atoms with E-state index in [9.17, 15) is 31.2 Å². The number of hydrogen-bond acceptors (Lipinski definition) is 4. The van der Waals surface area contributed by atoms with Gasteiger partial charge in [-0.1, -0.05) is 23.7 Å². The largest absolute Gasteiger partial charge is 0.417 e. The zero-order chi connectivity index (χ0) is 21.1. The molecule has 0 fully saturated rings. The summed E-state index contributed by atoms with van der Waals surface area (Å²) < 4.78 is 60.8. The lowest BCUT2D eigenvalue weighted by Crippen LogP contribution is -2.35. The Morgan fingerprint density at radius 1 is 1.04 bits per heavy atom. The Hall–Kier alpha value is -2.63. The van der Waals surface area contributed by atoms with Crippen LogP contribution >= 0.6 is 11.6 Å². The van der Waals surface area contributed by atoms with E-state index in [-0.39, 0.29) is 17.1 Å². The maximum absolute atomic E-state index is 12.8. The molecular formula is C16H13ClF3N3O4S. The Morgan fingerprint density at radius 2 is 1.64 bits per heavy atom. The Kier molecular flexibility index (Phi) is 6.32. The van der Waals surface area contributed by atoms with Gasteiger partial charge in [-0.2, -0.15) is 13.2 Å². The number of nitrogens with two attached hydrogens (primary N) is 1. The van der Waals surface area contributed by atoms with Gasteiger partial charge in [-0.3, -0.25) is 9.59 Å². The van der Waals surface area contributed by atoms with Gasteiger partial charge in [0.2, 0.25) is 10.0 Å². The van der Waals surface area contributed by atoms with E-state index in [1.165, 1.54) is 24.3 Å². The van der Waals surface area contributed by atoms with Crippen molar-refractivity contribution in [3.05, 3.63) is 58.6 Å². The normalized spacial score (nSPS) is 11.8. The zero-order valence-corrected chi connectivity index (χ0v) is 15.5. The van der Waals surface area contributed by atoms with Crippen molar-refractivity contribution >= 4 is 39.1 Å². The van der Waals surface area contributed by atoms with Crippen LogP contribution in [-0.2, 0) is 32.3 Å². The Bertz CT molecular complexity index is 1010. The third-order valence-corrected chi connectivity index (χ3v) is 4.70. The Balaban J connectivity index is 1.99. The van der Waals surface area contributed by atoms with Crippen molar-refractivity contribution in [3.63, 3.8) is 0 Å². The number of anilines is 1. The van der Waals surface area contributed by atoms with Gasteiger partial charge in [0, 0.05) is 12.2 Å². The lowest BCUT2D eigenvalue weighted by molar-refractivity contribution is -0.137. The highest BCUT2D eigenvalue weighted by atomic mass is 35.5. The Labute approximate surface area is 162 Å². The summed E-state index contributed by atoms with van der Waals surface area (Å²) in [5.74, 6) is -2.28. The summed E-state index contributed by atoms with van der Waals surface area (Å²) in [5.41, 5.74) is -0.934. The highest BCUT2D eigenvalue weighted by Gasteiger charge is 2.33. The molecule has 0 heterocycles. The van der Waals surface area contributed by atoms with E-state index in [1.54, 1.807) is 0 Å². The van der Waals surface area contributed by atoms with Crippen molar-refractivity contribution in [2.24, 2.45) is 5.14 Å². The predicted molar refractivity (Wildman–Crippen MR) is 94.7 cm³/mol. The van der Waals surface area contributed by atoms with Crippen LogP contribution in [0.4, 0.5) is 18.9 Å². The number of carbonyl (C=O) groups excluding carboxylic acids is 2. The lowest BCUT2D eigenvalue weighted by atomic mass is 10.2. The number of carbonyl (C=O) groups is 2. The van der Waals surface area contributed by atoms with Gasteiger partial charge >= 0.3 is 18.0 Å². The van der Waals surface area contributed by atoms with Gasteiger partial charge in [-0.05, 0) is 35.9 Å². The van der Waals surface area contributed by atoms with E-state index in [0.717, 1.165) is 12.1 Å². The van der Waals surface area contributed by atoms with Crippen LogP contribution in [0.1, 0.15) is 11.1 Å². The van der Waals surface area contributed by atoms with Crippen molar-refractivity contribution in [2.45, 2.75) is 17.6 Å². The average molecular weight is 436 g/mol. The summed E-state index contributed by atoms with van der Waals surface area (Å²) >= 11 is 5.48. The first-order chi connectivity index (χ1) is 12.9. The molecule has 28 heavy (non-hydrogen) atoms. The quantitative estimate of drug-likeness (QED) is 0.638. The maximum Gasteiger partial charge on any atom is 0.417 e. The van der Waals surface area contributed by atoms with E-state index >= 15 is 0 Å². The second-order valence-electron chi connectivity index (χ2n) is 5.52. The SMILES string of the molecule is NS(=O)(=O)c1ccc(CNC(=O)C(=O)Nc2ccc(Cl)c(C(F)(F)F)c2)cc1. The lowest BCUT2D eigenvalue weighted by Gasteiger charge is -2.12. The molecule has 2 aromatic carbocycles. The molecule has 0 saturated heterocycles. The molecule has 0 bridgehead atoms. The number of sulfonamides is 1. The van der Waals surface area contributed by atoms with Crippen LogP contribution in [0.15, 0.2) is 47.4 Å². The molecule has 0 atom stereocenters. The van der Waals surface area contributed by atoms with Crippen molar-refractivity contribution in [2.75, 3.05) is 5.32 Å². The van der Waals surface area contributed by atoms with E-state index in [1.807, 2.05) is 5.32 Å². The number of halogens is 4. The number of rotatable bonds is 4. The number of primary sulfonamides is 1. The molecule has 150 valence electrons. The zero-order valence-electron chi connectivity index (χ0n) is 13.9. The van der Waals surface area contributed by atoms with E-state index in [2.05, 4.69) is 5.32 Å². The highest BCUT2D eigenvalue weighted by Crippen LogP contribution is 2.36. The van der Waals surface area contributed by atoms with Crippen LogP contribution in [0.3, 0.4) is 0 Å². The topological polar surface area (TPSA) is 118 Å². The van der Waals surface area contributed by atoms with E-state index in [0.29, 0.717) is 11.6 Å². The van der Waals surface area contributed by atoms with Gasteiger partial charge in [0.25, 0.3) is 0 Å². The molecule has 7 nitrogen and oxygen atoms in total. The van der Waals surface area contributed by atoms with Gasteiger partial charge in [0.15, 0.2) is 0 Å². The molecule has 2 rings (SSSR count). The molecule has 2 amide bonds. The first-order valence-electron chi connectivity index (χ1n) is 7.45. The molecule has 4 N–H and O–H groups in total. The minimum atomic E-state index is -4.72.